The topological polar surface area (TPSA) is 57.8 Å². The lowest BCUT2D eigenvalue weighted by molar-refractivity contribution is 0.627. The van der Waals surface area contributed by atoms with Crippen molar-refractivity contribution >= 4 is 16.5 Å². The number of halogens is 2. The summed E-state index contributed by atoms with van der Waals surface area (Å²) >= 11 is 0. The van der Waals surface area contributed by atoms with Crippen molar-refractivity contribution in [3.05, 3.63) is 69.6 Å². The Kier molecular flexibility index (Phi) is 2.88. The van der Waals surface area contributed by atoms with Crippen molar-refractivity contribution in [2.45, 2.75) is 6.04 Å². The molecular formula is C17H9F2N3O. The number of hydrogen-bond acceptors (Lipinski definition) is 3. The summed E-state index contributed by atoms with van der Waals surface area (Å²) in [4.78, 5) is 11.9. The summed E-state index contributed by atoms with van der Waals surface area (Å²) in [6.07, 6.45) is 0. The van der Waals surface area contributed by atoms with Gasteiger partial charge in [0, 0.05) is 11.1 Å². The molecule has 1 aromatic heterocycles. The third-order valence-electron chi connectivity index (χ3n) is 3.69. The van der Waals surface area contributed by atoms with E-state index < -0.39 is 17.4 Å². The first-order valence-electron chi connectivity index (χ1n) is 6.87. The average Bonchev–Trinajstić information content (AvgIpc) is 2.72. The molecule has 0 saturated carbocycles. The lowest BCUT2D eigenvalue weighted by Gasteiger charge is -2.15. The van der Waals surface area contributed by atoms with Crippen LogP contribution in [0.5, 0.6) is 0 Å². The lowest BCUT2D eigenvalue weighted by Crippen LogP contribution is -2.12. The molecule has 4 nitrogen and oxygen atoms in total. The fourth-order valence-electron chi connectivity index (χ4n) is 2.62. The number of rotatable bonds is 1. The molecule has 2 heterocycles. The minimum atomic E-state index is -0.539. The number of benzene rings is 2. The summed E-state index contributed by atoms with van der Waals surface area (Å²) in [6, 6.07) is 7.85. The quantitative estimate of drug-likeness (QED) is 0.680. The molecule has 2 aromatic carbocycles. The summed E-state index contributed by atoms with van der Waals surface area (Å²) in [5.41, 5.74) is 1.04. The third kappa shape index (κ3) is 2.23. The van der Waals surface area contributed by atoms with Crippen molar-refractivity contribution in [1.29, 1.82) is 0 Å². The zero-order valence-electron chi connectivity index (χ0n) is 11.7. The molecule has 2 N–H and O–H groups in total. The van der Waals surface area contributed by atoms with Gasteiger partial charge in [0.2, 0.25) is 0 Å². The van der Waals surface area contributed by atoms with E-state index in [0.29, 0.717) is 16.8 Å². The van der Waals surface area contributed by atoms with E-state index in [1.54, 1.807) is 12.1 Å². The third-order valence-corrected chi connectivity index (χ3v) is 3.69. The summed E-state index contributed by atoms with van der Waals surface area (Å²) < 4.78 is 26.9. The molecule has 6 heteroatoms. The van der Waals surface area contributed by atoms with Crippen molar-refractivity contribution in [3.8, 4) is 11.8 Å². The molecule has 0 saturated heterocycles. The second-order valence-corrected chi connectivity index (χ2v) is 5.18. The van der Waals surface area contributed by atoms with Crippen LogP contribution in [0.4, 0.5) is 14.5 Å². The predicted molar refractivity (Wildman–Crippen MR) is 82.0 cm³/mol. The minimum Gasteiger partial charge on any atom is -0.367 e. The van der Waals surface area contributed by atoms with Crippen LogP contribution < -0.4 is 10.9 Å². The van der Waals surface area contributed by atoms with E-state index in [1.807, 2.05) is 0 Å². The molecule has 0 fully saturated rings. The molecule has 0 bridgehead atoms. The highest BCUT2D eigenvalue weighted by atomic mass is 19.1. The largest absolute Gasteiger partial charge is 0.367 e. The highest BCUT2D eigenvalue weighted by molar-refractivity contribution is 5.97. The van der Waals surface area contributed by atoms with Gasteiger partial charge in [-0.25, -0.2) is 13.9 Å². The molecule has 4 rings (SSSR count). The van der Waals surface area contributed by atoms with Crippen LogP contribution >= 0.6 is 0 Å². The molecule has 0 spiro atoms. The SMILES string of the molecule is O=c1[nH]nc2c3c(cc(F)cc13)N[C@H](c1ccc(F)cc1)C#C2. The van der Waals surface area contributed by atoms with E-state index in [-0.39, 0.29) is 11.2 Å². The standard InChI is InChI=1S/C17H9F2N3O/c18-10-3-1-9(2-4-10)13-5-6-14-16-12(17(23)22-21-14)7-11(19)8-15(16)20-13/h1-4,7-8,13,20H,(H,22,23)/t13-/m0/s1. The first-order chi connectivity index (χ1) is 11.1. The lowest BCUT2D eigenvalue weighted by atomic mass is 10.1. The predicted octanol–water partition coefficient (Wildman–Crippen LogP) is 2.72. The van der Waals surface area contributed by atoms with Gasteiger partial charge >= 0.3 is 0 Å². The summed E-state index contributed by atoms with van der Waals surface area (Å²) in [7, 11) is 0. The highest BCUT2D eigenvalue weighted by Crippen LogP contribution is 2.30. The van der Waals surface area contributed by atoms with Gasteiger partial charge in [-0.2, -0.15) is 5.10 Å². The molecule has 1 atom stereocenters. The fraction of sp³-hybridized carbons (Fsp3) is 0.0588. The van der Waals surface area contributed by atoms with Gasteiger partial charge in [-0.1, -0.05) is 18.1 Å². The zero-order valence-corrected chi connectivity index (χ0v) is 11.7. The first kappa shape index (κ1) is 13.5. The number of nitrogens with zero attached hydrogens (tertiary/aromatic N) is 1. The van der Waals surface area contributed by atoms with Crippen molar-refractivity contribution in [2.75, 3.05) is 5.32 Å². The van der Waals surface area contributed by atoms with E-state index in [2.05, 4.69) is 27.4 Å². The number of aromatic nitrogens is 2. The maximum atomic E-state index is 13.8. The zero-order chi connectivity index (χ0) is 16.0. The van der Waals surface area contributed by atoms with E-state index in [9.17, 15) is 13.6 Å². The van der Waals surface area contributed by atoms with Crippen LogP contribution in [0.1, 0.15) is 17.3 Å². The maximum Gasteiger partial charge on any atom is 0.272 e. The Bertz CT molecular complexity index is 1050. The van der Waals surface area contributed by atoms with Gasteiger partial charge in [-0.05, 0) is 35.7 Å². The Morgan fingerprint density at radius 2 is 1.87 bits per heavy atom. The Morgan fingerprint density at radius 1 is 1.09 bits per heavy atom. The normalized spacial score (nSPS) is 15.5. The molecule has 0 aliphatic carbocycles. The van der Waals surface area contributed by atoms with Crippen molar-refractivity contribution in [2.24, 2.45) is 0 Å². The molecule has 0 unspecified atom stereocenters. The molecule has 1 aliphatic heterocycles. The van der Waals surface area contributed by atoms with Gasteiger partial charge in [0.05, 0.1) is 5.39 Å². The Balaban J connectivity index is 1.93. The van der Waals surface area contributed by atoms with E-state index >= 15 is 0 Å². The van der Waals surface area contributed by atoms with E-state index in [4.69, 9.17) is 0 Å². The average molecular weight is 309 g/mol. The fourth-order valence-corrected chi connectivity index (χ4v) is 2.62. The van der Waals surface area contributed by atoms with Crippen LogP contribution in [0.3, 0.4) is 0 Å². The summed E-state index contributed by atoms with van der Waals surface area (Å²) in [5.74, 6) is 4.97. The van der Waals surface area contributed by atoms with Gasteiger partial charge in [0.25, 0.3) is 5.56 Å². The number of H-pyrrole nitrogens is 1. The minimum absolute atomic E-state index is 0.187. The Morgan fingerprint density at radius 3 is 2.65 bits per heavy atom. The molecule has 3 aromatic rings. The summed E-state index contributed by atoms with van der Waals surface area (Å²) in [6.45, 7) is 0. The van der Waals surface area contributed by atoms with E-state index in [0.717, 1.165) is 11.6 Å². The van der Waals surface area contributed by atoms with Crippen LogP contribution in [-0.2, 0) is 0 Å². The number of hydrogen-bond donors (Lipinski definition) is 2. The number of anilines is 1. The van der Waals surface area contributed by atoms with Crippen LogP contribution in [-0.4, -0.2) is 10.2 Å². The molecule has 0 radical (unpaired) electrons. The van der Waals surface area contributed by atoms with Crippen LogP contribution in [0.15, 0.2) is 41.2 Å². The van der Waals surface area contributed by atoms with Gasteiger partial charge < -0.3 is 5.32 Å². The second-order valence-electron chi connectivity index (χ2n) is 5.18. The van der Waals surface area contributed by atoms with Crippen molar-refractivity contribution in [1.82, 2.24) is 10.2 Å². The van der Waals surface area contributed by atoms with E-state index in [1.165, 1.54) is 18.2 Å². The molecule has 0 amide bonds. The molecule has 112 valence electrons. The van der Waals surface area contributed by atoms with Gasteiger partial charge in [0.15, 0.2) is 0 Å². The van der Waals surface area contributed by atoms with Crippen molar-refractivity contribution < 1.29 is 8.78 Å². The van der Waals surface area contributed by atoms with Crippen LogP contribution in [0.2, 0.25) is 0 Å². The smallest absolute Gasteiger partial charge is 0.272 e. The summed E-state index contributed by atoms with van der Waals surface area (Å²) in [5, 5.41) is 10.0. The monoisotopic (exact) mass is 309 g/mol. The molecular weight excluding hydrogens is 300 g/mol. The number of nitrogens with one attached hydrogen (secondary N) is 2. The molecule has 1 aliphatic rings. The molecule has 23 heavy (non-hydrogen) atoms. The first-order valence-corrected chi connectivity index (χ1v) is 6.87. The second kappa shape index (κ2) is 4.92. The van der Waals surface area contributed by atoms with Crippen molar-refractivity contribution in [3.63, 3.8) is 0 Å². The van der Waals surface area contributed by atoms with Gasteiger partial charge in [-0.15, -0.1) is 0 Å². The maximum absolute atomic E-state index is 13.8. The Hall–Kier alpha value is -3.20. The van der Waals surface area contributed by atoms with Crippen LogP contribution in [0.25, 0.3) is 10.8 Å². The van der Waals surface area contributed by atoms with Gasteiger partial charge in [-0.3, -0.25) is 4.79 Å². The van der Waals surface area contributed by atoms with Crippen LogP contribution in [0, 0.1) is 23.5 Å². The van der Waals surface area contributed by atoms with Gasteiger partial charge in [0.1, 0.15) is 23.4 Å². The highest BCUT2D eigenvalue weighted by Gasteiger charge is 2.18. The number of aromatic amines is 1. The Labute approximate surface area is 129 Å².